The minimum absolute atomic E-state index is 0.325. The van der Waals surface area contributed by atoms with Crippen LogP contribution in [0.15, 0.2) is 0 Å². The lowest BCUT2D eigenvalue weighted by atomic mass is 10.1. The van der Waals surface area contributed by atoms with Gasteiger partial charge >= 0.3 is 0 Å². The van der Waals surface area contributed by atoms with Gasteiger partial charge in [0, 0.05) is 0 Å². The fraction of sp³-hybridized carbons (Fsp3) is 1.00. The summed E-state index contributed by atoms with van der Waals surface area (Å²) >= 11 is 0. The lowest BCUT2D eigenvalue weighted by molar-refractivity contribution is -0.368. The molecule has 0 amide bonds. The summed E-state index contributed by atoms with van der Waals surface area (Å²) in [4.78, 5) is 4.50. The fourth-order valence-corrected chi connectivity index (χ4v) is 0.274. The standard InChI is InChI=1S/C5H13NO2/c1-5(2,3)6(7)8-4/h7H,1-4H3. The molecule has 0 atom stereocenters. The Morgan fingerprint density at radius 3 is 1.75 bits per heavy atom. The Bertz CT molecular complexity index is 67.3. The molecule has 0 rings (SSSR count). The van der Waals surface area contributed by atoms with E-state index in [1.54, 1.807) is 0 Å². The quantitative estimate of drug-likeness (QED) is 0.523. The van der Waals surface area contributed by atoms with E-state index >= 15 is 0 Å². The topological polar surface area (TPSA) is 32.7 Å². The summed E-state index contributed by atoms with van der Waals surface area (Å²) in [6.45, 7) is 5.53. The summed E-state index contributed by atoms with van der Waals surface area (Å²) in [6.07, 6.45) is 0. The third-order valence-electron chi connectivity index (χ3n) is 0.747. The fourth-order valence-electron chi connectivity index (χ4n) is 0.274. The van der Waals surface area contributed by atoms with E-state index < -0.39 is 0 Å². The Morgan fingerprint density at radius 1 is 1.38 bits per heavy atom. The van der Waals surface area contributed by atoms with E-state index in [2.05, 4.69) is 4.84 Å². The molecule has 0 bridgehead atoms. The van der Waals surface area contributed by atoms with Crippen molar-refractivity contribution in [2.75, 3.05) is 7.11 Å². The van der Waals surface area contributed by atoms with E-state index in [0.717, 1.165) is 5.23 Å². The highest BCUT2D eigenvalue weighted by molar-refractivity contribution is 4.62. The van der Waals surface area contributed by atoms with Gasteiger partial charge in [-0.05, 0) is 20.8 Å². The van der Waals surface area contributed by atoms with Gasteiger partial charge in [-0.15, -0.1) is 0 Å². The summed E-state index contributed by atoms with van der Waals surface area (Å²) in [6, 6.07) is 0. The molecule has 8 heavy (non-hydrogen) atoms. The molecule has 0 spiro atoms. The normalized spacial score (nSPS) is 12.8. The molecule has 0 radical (unpaired) electrons. The first-order chi connectivity index (χ1) is 3.48. The van der Waals surface area contributed by atoms with Crippen LogP contribution in [0.1, 0.15) is 20.8 Å². The zero-order valence-electron chi connectivity index (χ0n) is 5.80. The second-order valence-corrected chi connectivity index (χ2v) is 2.63. The summed E-state index contributed by atoms with van der Waals surface area (Å²) in [7, 11) is 1.42. The molecule has 0 unspecified atom stereocenters. The Kier molecular flexibility index (Phi) is 2.40. The summed E-state index contributed by atoms with van der Waals surface area (Å²) in [5.74, 6) is 0. The van der Waals surface area contributed by atoms with E-state index in [-0.39, 0.29) is 5.54 Å². The van der Waals surface area contributed by atoms with E-state index in [9.17, 15) is 0 Å². The van der Waals surface area contributed by atoms with Crippen molar-refractivity contribution >= 4 is 0 Å². The van der Waals surface area contributed by atoms with Gasteiger partial charge in [-0.3, -0.25) is 10.0 Å². The molecule has 0 heterocycles. The summed E-state index contributed by atoms with van der Waals surface area (Å²) in [5.41, 5.74) is -0.325. The van der Waals surface area contributed by atoms with Crippen LogP contribution >= 0.6 is 0 Å². The lowest BCUT2D eigenvalue weighted by Crippen LogP contribution is -2.37. The van der Waals surface area contributed by atoms with Crippen LogP contribution in [0.2, 0.25) is 0 Å². The van der Waals surface area contributed by atoms with Crippen molar-refractivity contribution in [1.29, 1.82) is 0 Å². The average Bonchev–Trinajstić information content (AvgIpc) is 1.62. The van der Waals surface area contributed by atoms with Crippen LogP contribution in [-0.2, 0) is 4.84 Å². The first kappa shape index (κ1) is 7.88. The monoisotopic (exact) mass is 119 g/mol. The largest absolute Gasteiger partial charge is 0.289 e. The van der Waals surface area contributed by atoms with Crippen LogP contribution < -0.4 is 0 Å². The molecular weight excluding hydrogens is 106 g/mol. The minimum atomic E-state index is -0.325. The van der Waals surface area contributed by atoms with E-state index in [4.69, 9.17) is 5.21 Å². The molecule has 50 valence electrons. The first-order valence-corrected chi connectivity index (χ1v) is 2.51. The molecule has 0 aromatic rings. The van der Waals surface area contributed by atoms with Crippen LogP contribution in [0.5, 0.6) is 0 Å². The van der Waals surface area contributed by atoms with Gasteiger partial charge in [0.1, 0.15) is 0 Å². The smallest absolute Gasteiger partial charge is 0.0650 e. The van der Waals surface area contributed by atoms with Gasteiger partial charge in [0.2, 0.25) is 0 Å². The highest BCUT2D eigenvalue weighted by atomic mass is 16.9. The first-order valence-electron chi connectivity index (χ1n) is 2.51. The summed E-state index contributed by atoms with van der Waals surface area (Å²) < 4.78 is 0. The van der Waals surface area contributed by atoms with Crippen LogP contribution in [0, 0.1) is 0 Å². The molecule has 0 aliphatic carbocycles. The molecule has 0 aliphatic rings. The zero-order valence-corrected chi connectivity index (χ0v) is 5.80. The molecule has 0 fully saturated rings. The second kappa shape index (κ2) is 2.44. The van der Waals surface area contributed by atoms with Gasteiger partial charge < -0.3 is 0 Å². The van der Waals surface area contributed by atoms with Crippen LogP contribution in [0.4, 0.5) is 0 Å². The van der Waals surface area contributed by atoms with Crippen molar-refractivity contribution in [1.82, 2.24) is 5.23 Å². The lowest BCUT2D eigenvalue weighted by Gasteiger charge is -2.25. The number of rotatable bonds is 1. The Hall–Kier alpha value is -0.120. The van der Waals surface area contributed by atoms with Crippen molar-refractivity contribution in [3.8, 4) is 0 Å². The Morgan fingerprint density at radius 2 is 1.75 bits per heavy atom. The third kappa shape index (κ3) is 2.26. The highest BCUT2D eigenvalue weighted by Crippen LogP contribution is 2.08. The number of hydrogen-bond donors (Lipinski definition) is 1. The molecule has 0 aliphatic heterocycles. The molecule has 0 saturated heterocycles. The minimum Gasteiger partial charge on any atom is -0.289 e. The van der Waals surface area contributed by atoms with Crippen LogP contribution in [0.3, 0.4) is 0 Å². The van der Waals surface area contributed by atoms with Gasteiger partial charge in [-0.2, -0.15) is 0 Å². The Labute approximate surface area is 49.8 Å². The maximum Gasteiger partial charge on any atom is 0.0650 e. The Balaban J connectivity index is 3.62. The molecule has 0 aromatic carbocycles. The van der Waals surface area contributed by atoms with Gasteiger partial charge in [0.25, 0.3) is 0 Å². The maximum absolute atomic E-state index is 8.81. The highest BCUT2D eigenvalue weighted by Gasteiger charge is 2.18. The summed E-state index contributed by atoms with van der Waals surface area (Å²) in [5, 5.41) is 9.62. The van der Waals surface area contributed by atoms with Crippen molar-refractivity contribution in [2.45, 2.75) is 26.3 Å². The van der Waals surface area contributed by atoms with E-state index in [1.807, 2.05) is 20.8 Å². The predicted molar refractivity (Wildman–Crippen MR) is 30.4 cm³/mol. The third-order valence-corrected chi connectivity index (χ3v) is 0.747. The molecule has 1 N–H and O–H groups in total. The zero-order chi connectivity index (χ0) is 6.78. The van der Waals surface area contributed by atoms with Gasteiger partial charge in [0.15, 0.2) is 0 Å². The number of nitrogens with zero attached hydrogens (tertiary/aromatic N) is 1. The van der Waals surface area contributed by atoms with E-state index in [0.29, 0.717) is 0 Å². The average molecular weight is 119 g/mol. The number of hydroxylamine groups is 2. The SMILES string of the molecule is CON(O)C(C)(C)C. The number of hydrogen-bond acceptors (Lipinski definition) is 3. The van der Waals surface area contributed by atoms with Crippen LogP contribution in [0.25, 0.3) is 0 Å². The molecule has 0 saturated carbocycles. The maximum atomic E-state index is 8.81. The second-order valence-electron chi connectivity index (χ2n) is 2.63. The van der Waals surface area contributed by atoms with Crippen molar-refractivity contribution in [3.63, 3.8) is 0 Å². The van der Waals surface area contributed by atoms with Crippen LogP contribution in [-0.4, -0.2) is 23.1 Å². The van der Waals surface area contributed by atoms with Crippen molar-refractivity contribution in [3.05, 3.63) is 0 Å². The van der Waals surface area contributed by atoms with Gasteiger partial charge in [-0.25, -0.2) is 0 Å². The van der Waals surface area contributed by atoms with Gasteiger partial charge in [-0.1, -0.05) is 5.23 Å². The molecule has 3 heteroatoms. The van der Waals surface area contributed by atoms with Crippen molar-refractivity contribution in [2.24, 2.45) is 0 Å². The van der Waals surface area contributed by atoms with Crippen molar-refractivity contribution < 1.29 is 10.0 Å². The van der Waals surface area contributed by atoms with E-state index in [1.165, 1.54) is 7.11 Å². The molecule has 0 aromatic heterocycles. The molecule has 3 nitrogen and oxygen atoms in total. The van der Waals surface area contributed by atoms with Gasteiger partial charge in [0.05, 0.1) is 12.6 Å². The molecular formula is C5H13NO2. The predicted octanol–water partition coefficient (Wildman–Crippen LogP) is 1.04.